The van der Waals surface area contributed by atoms with Gasteiger partial charge < -0.3 is 19.6 Å². The first-order valence-electron chi connectivity index (χ1n) is 7.69. The molecule has 0 aromatic carbocycles. The topological polar surface area (TPSA) is 87.4 Å². The maximum Gasteiger partial charge on any atom is 0.225 e. The Hall–Kier alpha value is -2.64. The third kappa shape index (κ3) is 3.97. The minimum atomic E-state index is 0.145. The highest BCUT2D eigenvalue weighted by Crippen LogP contribution is 2.11. The van der Waals surface area contributed by atoms with Crippen LogP contribution in [0.25, 0.3) is 0 Å². The van der Waals surface area contributed by atoms with Crippen molar-refractivity contribution in [2.24, 2.45) is 0 Å². The number of nitrogens with zero attached hydrogens (tertiary/aromatic N) is 5. The molecule has 8 heteroatoms. The molecule has 2 aromatic heterocycles. The van der Waals surface area contributed by atoms with Crippen molar-refractivity contribution in [2.45, 2.75) is 13.3 Å². The van der Waals surface area contributed by atoms with Crippen molar-refractivity contribution < 1.29 is 9.32 Å². The number of amides is 1. The summed E-state index contributed by atoms with van der Waals surface area (Å²) in [7, 11) is 0. The van der Waals surface area contributed by atoms with E-state index in [9.17, 15) is 4.79 Å². The fourth-order valence-electron chi connectivity index (χ4n) is 2.52. The fourth-order valence-corrected chi connectivity index (χ4v) is 2.52. The minimum Gasteiger partial charge on any atom is -0.367 e. The van der Waals surface area contributed by atoms with Crippen LogP contribution in [0.3, 0.4) is 0 Å². The summed E-state index contributed by atoms with van der Waals surface area (Å²) in [5.41, 5.74) is 0. The molecule has 0 unspecified atom stereocenters. The summed E-state index contributed by atoms with van der Waals surface area (Å²) in [4.78, 5) is 24.7. The molecule has 1 N–H and O–H groups in total. The largest absolute Gasteiger partial charge is 0.367 e. The molecule has 0 aliphatic carbocycles. The van der Waals surface area contributed by atoms with E-state index in [-0.39, 0.29) is 5.91 Å². The number of aromatic nitrogens is 3. The number of hydrogen-bond donors (Lipinski definition) is 1. The summed E-state index contributed by atoms with van der Waals surface area (Å²) >= 11 is 0. The first kappa shape index (κ1) is 15.3. The molecule has 1 fully saturated rings. The quantitative estimate of drug-likeness (QED) is 0.877. The molecule has 1 aliphatic rings. The van der Waals surface area contributed by atoms with Crippen LogP contribution in [0.5, 0.6) is 0 Å². The van der Waals surface area contributed by atoms with Gasteiger partial charge >= 0.3 is 0 Å². The highest BCUT2D eigenvalue weighted by atomic mass is 16.5. The Bertz CT molecular complexity index is 636. The van der Waals surface area contributed by atoms with E-state index in [0.29, 0.717) is 31.9 Å². The van der Waals surface area contributed by atoms with Crippen molar-refractivity contribution >= 4 is 17.7 Å². The second kappa shape index (κ2) is 7.08. The maximum atomic E-state index is 12.2. The molecule has 1 amide bonds. The first-order chi connectivity index (χ1) is 11.2. The summed E-state index contributed by atoms with van der Waals surface area (Å²) in [6, 6.07) is 3.61. The lowest BCUT2D eigenvalue weighted by Gasteiger charge is -2.34. The van der Waals surface area contributed by atoms with Gasteiger partial charge in [-0.1, -0.05) is 5.16 Å². The van der Waals surface area contributed by atoms with Gasteiger partial charge in [-0.3, -0.25) is 4.79 Å². The second-order valence-corrected chi connectivity index (χ2v) is 5.42. The smallest absolute Gasteiger partial charge is 0.225 e. The average Bonchev–Trinajstić information content (AvgIpc) is 3.01. The molecule has 8 nitrogen and oxygen atoms in total. The standard InChI is InChI=1S/C15H20N6O2/c1-12-11-13(19-23-12)16-6-3-14(22)20-7-9-21(10-8-20)15-17-4-2-5-18-15/h2,4-5,11H,3,6-10H2,1H3,(H,16,19). The van der Waals surface area contributed by atoms with E-state index in [1.165, 1.54) is 0 Å². The Kier molecular flexibility index (Phi) is 4.70. The highest BCUT2D eigenvalue weighted by Gasteiger charge is 2.22. The molecule has 0 spiro atoms. The van der Waals surface area contributed by atoms with Crippen molar-refractivity contribution in [1.82, 2.24) is 20.0 Å². The molecule has 2 aromatic rings. The van der Waals surface area contributed by atoms with Gasteiger partial charge in [-0.25, -0.2) is 9.97 Å². The van der Waals surface area contributed by atoms with E-state index in [0.717, 1.165) is 24.8 Å². The Balaban J connectivity index is 1.41. The Labute approximate surface area is 134 Å². The number of rotatable bonds is 5. The number of carbonyl (C=O) groups is 1. The molecule has 0 saturated carbocycles. The fraction of sp³-hybridized carbons (Fsp3) is 0.467. The van der Waals surface area contributed by atoms with Crippen LogP contribution in [0.1, 0.15) is 12.2 Å². The van der Waals surface area contributed by atoms with Gasteiger partial charge in [-0.15, -0.1) is 0 Å². The number of carbonyl (C=O) groups excluding carboxylic acids is 1. The van der Waals surface area contributed by atoms with E-state index < -0.39 is 0 Å². The number of anilines is 2. The zero-order valence-corrected chi connectivity index (χ0v) is 13.1. The van der Waals surface area contributed by atoms with E-state index in [1.807, 2.05) is 17.9 Å². The van der Waals surface area contributed by atoms with Crippen LogP contribution in [0.2, 0.25) is 0 Å². The number of nitrogens with one attached hydrogen (secondary N) is 1. The lowest BCUT2D eigenvalue weighted by Crippen LogP contribution is -2.49. The average molecular weight is 316 g/mol. The zero-order chi connectivity index (χ0) is 16.1. The van der Waals surface area contributed by atoms with Crippen LogP contribution in [0, 0.1) is 6.92 Å². The van der Waals surface area contributed by atoms with Gasteiger partial charge in [-0.2, -0.15) is 0 Å². The summed E-state index contributed by atoms with van der Waals surface area (Å²) < 4.78 is 4.97. The molecular formula is C15H20N6O2. The van der Waals surface area contributed by atoms with Crippen molar-refractivity contribution in [3.63, 3.8) is 0 Å². The molecule has 0 atom stereocenters. The van der Waals surface area contributed by atoms with Crippen LogP contribution in [-0.4, -0.2) is 58.7 Å². The number of aryl methyl sites for hydroxylation is 1. The molecule has 3 heterocycles. The van der Waals surface area contributed by atoms with Crippen molar-refractivity contribution in [3.05, 3.63) is 30.3 Å². The summed E-state index contributed by atoms with van der Waals surface area (Å²) in [6.07, 6.45) is 3.90. The third-order valence-electron chi connectivity index (χ3n) is 3.74. The summed E-state index contributed by atoms with van der Waals surface area (Å²) in [6.45, 7) is 5.28. The van der Waals surface area contributed by atoms with Gasteiger partial charge in [0.05, 0.1) is 0 Å². The molecule has 3 rings (SSSR count). The monoisotopic (exact) mass is 316 g/mol. The molecule has 1 aliphatic heterocycles. The first-order valence-corrected chi connectivity index (χ1v) is 7.69. The van der Waals surface area contributed by atoms with Gasteiger partial charge in [0.15, 0.2) is 5.82 Å². The van der Waals surface area contributed by atoms with Crippen LogP contribution in [-0.2, 0) is 4.79 Å². The van der Waals surface area contributed by atoms with Crippen LogP contribution < -0.4 is 10.2 Å². The van der Waals surface area contributed by atoms with Crippen LogP contribution in [0.4, 0.5) is 11.8 Å². The highest BCUT2D eigenvalue weighted by molar-refractivity contribution is 5.77. The minimum absolute atomic E-state index is 0.145. The van der Waals surface area contributed by atoms with E-state index in [1.54, 1.807) is 18.5 Å². The van der Waals surface area contributed by atoms with Crippen LogP contribution >= 0.6 is 0 Å². The third-order valence-corrected chi connectivity index (χ3v) is 3.74. The summed E-state index contributed by atoms with van der Waals surface area (Å²) in [5.74, 6) is 2.29. The normalized spacial score (nSPS) is 14.8. The molecule has 122 valence electrons. The van der Waals surface area contributed by atoms with E-state index >= 15 is 0 Å². The number of piperazine rings is 1. The van der Waals surface area contributed by atoms with E-state index in [4.69, 9.17) is 4.52 Å². The van der Waals surface area contributed by atoms with Gasteiger partial charge in [0.2, 0.25) is 11.9 Å². The lowest BCUT2D eigenvalue weighted by molar-refractivity contribution is -0.131. The van der Waals surface area contributed by atoms with Gasteiger partial charge in [0.1, 0.15) is 5.76 Å². The predicted molar refractivity (Wildman–Crippen MR) is 85.2 cm³/mol. The zero-order valence-electron chi connectivity index (χ0n) is 13.1. The van der Waals surface area contributed by atoms with Crippen molar-refractivity contribution in [1.29, 1.82) is 0 Å². The Morgan fingerprint density at radius 1 is 1.26 bits per heavy atom. The predicted octanol–water partition coefficient (Wildman–Crippen LogP) is 0.924. The SMILES string of the molecule is Cc1cc(NCCC(=O)N2CCN(c3ncccn3)CC2)no1. The second-order valence-electron chi connectivity index (χ2n) is 5.42. The Morgan fingerprint density at radius 2 is 2.00 bits per heavy atom. The molecule has 23 heavy (non-hydrogen) atoms. The van der Waals surface area contributed by atoms with Gasteiger partial charge in [-0.05, 0) is 13.0 Å². The van der Waals surface area contributed by atoms with Gasteiger partial charge in [0.25, 0.3) is 0 Å². The molecule has 0 radical (unpaired) electrons. The maximum absolute atomic E-state index is 12.2. The Morgan fingerprint density at radius 3 is 2.65 bits per heavy atom. The molecule has 1 saturated heterocycles. The van der Waals surface area contributed by atoms with E-state index in [2.05, 4.69) is 25.3 Å². The lowest BCUT2D eigenvalue weighted by atomic mass is 10.3. The molecule has 0 bridgehead atoms. The van der Waals surface area contributed by atoms with Crippen molar-refractivity contribution in [2.75, 3.05) is 42.9 Å². The van der Waals surface area contributed by atoms with Crippen LogP contribution in [0.15, 0.2) is 29.0 Å². The summed E-state index contributed by atoms with van der Waals surface area (Å²) in [5, 5.41) is 6.92. The van der Waals surface area contributed by atoms with Crippen molar-refractivity contribution in [3.8, 4) is 0 Å². The van der Waals surface area contributed by atoms with Gasteiger partial charge in [0, 0.05) is 57.6 Å². The number of hydrogen-bond acceptors (Lipinski definition) is 7. The molecular weight excluding hydrogens is 296 g/mol.